The van der Waals surface area contributed by atoms with Crippen LogP contribution in [0.3, 0.4) is 0 Å². The minimum Gasteiger partial charge on any atom is -0.494 e. The normalized spacial score (nSPS) is 10.6. The summed E-state index contributed by atoms with van der Waals surface area (Å²) in [5.74, 6) is 3.28. The summed E-state index contributed by atoms with van der Waals surface area (Å²) in [5.41, 5.74) is 3.42. The monoisotopic (exact) mass is 612 g/mol. The predicted molar refractivity (Wildman–Crippen MR) is 178 cm³/mol. The maximum Gasteiger partial charge on any atom is 0.135 e. The van der Waals surface area contributed by atoms with Crippen LogP contribution in [0.15, 0.2) is 77.2 Å². The maximum atomic E-state index is 8.22. The van der Waals surface area contributed by atoms with Gasteiger partial charge in [0.15, 0.2) is 0 Å². The van der Waals surface area contributed by atoms with Gasteiger partial charge in [0.2, 0.25) is 0 Å². The number of halogens is 2. The van der Waals surface area contributed by atoms with Gasteiger partial charge in [0, 0.05) is 34.2 Å². The van der Waals surface area contributed by atoms with Gasteiger partial charge in [-0.3, -0.25) is 10.8 Å². The number of rotatable bonds is 13. The van der Waals surface area contributed by atoms with E-state index < -0.39 is 0 Å². The molecule has 0 saturated carbocycles. The molecule has 1 aromatic heterocycles. The van der Waals surface area contributed by atoms with Crippen molar-refractivity contribution in [3.63, 3.8) is 0 Å². The third kappa shape index (κ3) is 10.00. The highest BCUT2D eigenvalue weighted by molar-refractivity contribution is 6.00. The Morgan fingerprint density at radius 3 is 1.71 bits per heavy atom. The third-order valence-electron chi connectivity index (χ3n) is 6.28. The van der Waals surface area contributed by atoms with Crippen LogP contribution in [0.4, 0.5) is 0 Å². The fraction of sp³-hybridized carbons (Fsp3) is 0.333. The Labute approximate surface area is 261 Å². The molecule has 1 heterocycles. The number of benzene rings is 3. The van der Waals surface area contributed by atoms with Crippen molar-refractivity contribution in [3.05, 3.63) is 83.9 Å². The number of hydrogen-bond donors (Lipinski definition) is 4. The summed E-state index contributed by atoms with van der Waals surface area (Å²) >= 11 is 0. The number of ether oxygens (including phenoxy) is 2. The molecular weight excluding hydrogens is 571 g/mol. The largest absolute Gasteiger partial charge is 0.494 e. The molecule has 0 unspecified atom stereocenters. The Morgan fingerprint density at radius 1 is 0.667 bits per heavy atom. The van der Waals surface area contributed by atoms with E-state index in [9.17, 15) is 0 Å². The summed E-state index contributed by atoms with van der Waals surface area (Å²) in [6.45, 7) is 9.39. The SMILES string of the molecule is CC(C)NC(=N)c1ccc(OCCCCCOc2ccc(-c3cc4ccc(C(=N)NC(C)C)cc4o3)cc2)cc1.Cl.Cl. The zero-order valence-corrected chi connectivity index (χ0v) is 26.3. The number of nitrogens with one attached hydrogen (secondary N) is 4. The van der Waals surface area contributed by atoms with Crippen molar-refractivity contribution >= 4 is 47.5 Å². The molecule has 0 radical (unpaired) electrons. The molecule has 7 nitrogen and oxygen atoms in total. The van der Waals surface area contributed by atoms with Crippen molar-refractivity contribution in [2.75, 3.05) is 13.2 Å². The van der Waals surface area contributed by atoms with Gasteiger partial charge >= 0.3 is 0 Å². The molecular formula is C33H42Cl2N4O3. The van der Waals surface area contributed by atoms with E-state index in [2.05, 4.69) is 10.6 Å². The molecule has 4 N–H and O–H groups in total. The second-order valence-corrected chi connectivity index (χ2v) is 10.5. The zero-order chi connectivity index (χ0) is 28.5. The molecule has 0 bridgehead atoms. The first-order valence-electron chi connectivity index (χ1n) is 14.0. The molecule has 0 aliphatic heterocycles. The van der Waals surface area contributed by atoms with Crippen molar-refractivity contribution < 1.29 is 13.9 Å². The smallest absolute Gasteiger partial charge is 0.135 e. The molecule has 0 aliphatic rings. The minimum absolute atomic E-state index is 0. The highest BCUT2D eigenvalue weighted by Crippen LogP contribution is 2.30. The summed E-state index contributed by atoms with van der Waals surface area (Å²) in [4.78, 5) is 0. The first kappa shape index (κ1) is 34.5. The fourth-order valence-electron chi connectivity index (χ4n) is 4.27. The summed E-state index contributed by atoms with van der Waals surface area (Å²) in [7, 11) is 0. The summed E-state index contributed by atoms with van der Waals surface area (Å²) < 4.78 is 17.9. The number of hydrogen-bond acceptors (Lipinski definition) is 5. The lowest BCUT2D eigenvalue weighted by Crippen LogP contribution is -2.30. The van der Waals surface area contributed by atoms with Crippen LogP contribution in [-0.2, 0) is 0 Å². The highest BCUT2D eigenvalue weighted by atomic mass is 35.5. The molecule has 4 rings (SSSR count). The van der Waals surface area contributed by atoms with Crippen LogP contribution in [0.2, 0.25) is 0 Å². The van der Waals surface area contributed by atoms with Crippen LogP contribution in [-0.4, -0.2) is 37.0 Å². The van der Waals surface area contributed by atoms with Crippen LogP contribution in [0.5, 0.6) is 11.5 Å². The molecule has 42 heavy (non-hydrogen) atoms. The van der Waals surface area contributed by atoms with Crippen LogP contribution >= 0.6 is 24.8 Å². The van der Waals surface area contributed by atoms with E-state index in [0.29, 0.717) is 24.9 Å². The molecule has 0 amide bonds. The van der Waals surface area contributed by atoms with Gasteiger partial charge in [0.1, 0.15) is 34.5 Å². The Balaban J connectivity index is 0.00000308. The van der Waals surface area contributed by atoms with Gasteiger partial charge in [-0.1, -0.05) is 12.1 Å². The number of fused-ring (bicyclic) bond motifs is 1. The standard InChI is InChI=1S/C33H40N4O3.2ClH/c1-22(2)36-32(34)25-12-16-29(17-13-25)39-19-7-5-6-18-38-28-14-10-24(11-15-28)30-20-26-8-9-27(21-31(26)40-30)33(35)37-23(3)4;;/h8-17,20-23H,5-7,18-19H2,1-4H3,(H2,34,36)(H2,35,37);2*1H. The number of unbranched alkanes of at least 4 members (excludes halogenated alkanes) is 2. The van der Waals surface area contributed by atoms with Gasteiger partial charge < -0.3 is 24.5 Å². The molecule has 4 aromatic rings. The molecule has 3 aromatic carbocycles. The van der Waals surface area contributed by atoms with E-state index in [1.54, 1.807) is 0 Å². The average molecular weight is 614 g/mol. The highest BCUT2D eigenvalue weighted by Gasteiger charge is 2.10. The molecule has 226 valence electrons. The lowest BCUT2D eigenvalue weighted by molar-refractivity contribution is 0.279. The van der Waals surface area contributed by atoms with Crippen LogP contribution in [0, 0.1) is 10.8 Å². The van der Waals surface area contributed by atoms with E-state index in [1.165, 1.54) is 0 Å². The van der Waals surface area contributed by atoms with Crippen LogP contribution in [0.25, 0.3) is 22.3 Å². The quantitative estimate of drug-likeness (QED) is 0.0691. The second-order valence-electron chi connectivity index (χ2n) is 10.5. The lowest BCUT2D eigenvalue weighted by atomic mass is 10.1. The van der Waals surface area contributed by atoms with Crippen LogP contribution < -0.4 is 20.1 Å². The van der Waals surface area contributed by atoms with E-state index in [0.717, 1.165) is 64.2 Å². The Kier molecular flexibility index (Phi) is 13.7. The Morgan fingerprint density at radius 2 is 1.17 bits per heavy atom. The van der Waals surface area contributed by atoms with Crippen molar-refractivity contribution in [1.82, 2.24) is 10.6 Å². The summed E-state index contributed by atoms with van der Waals surface area (Å²) in [5, 5.41) is 23.5. The molecule has 9 heteroatoms. The molecule has 0 atom stereocenters. The van der Waals surface area contributed by atoms with Gasteiger partial charge in [0.25, 0.3) is 0 Å². The van der Waals surface area contributed by atoms with Gasteiger partial charge in [-0.05, 0) is 108 Å². The van der Waals surface area contributed by atoms with Gasteiger partial charge in [0.05, 0.1) is 13.2 Å². The number of amidine groups is 2. The molecule has 0 spiro atoms. The lowest BCUT2D eigenvalue weighted by Gasteiger charge is -2.12. The van der Waals surface area contributed by atoms with Crippen molar-refractivity contribution in [3.8, 4) is 22.8 Å². The summed E-state index contributed by atoms with van der Waals surface area (Å²) in [6, 6.07) is 23.9. The van der Waals surface area contributed by atoms with Crippen molar-refractivity contribution in [1.29, 1.82) is 10.8 Å². The molecule has 0 saturated heterocycles. The fourth-order valence-corrected chi connectivity index (χ4v) is 4.27. The van der Waals surface area contributed by atoms with Gasteiger partial charge in [-0.15, -0.1) is 24.8 Å². The van der Waals surface area contributed by atoms with Crippen molar-refractivity contribution in [2.45, 2.75) is 59.0 Å². The topological polar surface area (TPSA) is 103 Å². The van der Waals surface area contributed by atoms with E-state index in [4.69, 9.17) is 24.7 Å². The van der Waals surface area contributed by atoms with E-state index >= 15 is 0 Å². The minimum atomic E-state index is 0. The zero-order valence-electron chi connectivity index (χ0n) is 24.7. The Bertz CT molecular complexity index is 1420. The Hall–Kier alpha value is -3.68. The molecule has 0 fully saturated rings. The van der Waals surface area contributed by atoms with Crippen LogP contribution in [0.1, 0.15) is 58.1 Å². The predicted octanol–water partition coefficient (Wildman–Crippen LogP) is 8.22. The maximum absolute atomic E-state index is 8.22. The van der Waals surface area contributed by atoms with Crippen molar-refractivity contribution in [2.24, 2.45) is 0 Å². The van der Waals surface area contributed by atoms with Gasteiger partial charge in [-0.2, -0.15) is 0 Å². The number of furan rings is 1. The second kappa shape index (κ2) is 16.7. The van der Waals surface area contributed by atoms with Gasteiger partial charge in [-0.25, -0.2) is 0 Å². The average Bonchev–Trinajstić information content (AvgIpc) is 3.36. The first-order valence-corrected chi connectivity index (χ1v) is 14.0. The molecule has 0 aliphatic carbocycles. The van der Waals surface area contributed by atoms with E-state index in [1.807, 2.05) is 100 Å². The first-order chi connectivity index (χ1) is 19.3. The third-order valence-corrected chi connectivity index (χ3v) is 6.28. The van der Waals surface area contributed by atoms with E-state index in [-0.39, 0.29) is 36.9 Å². The summed E-state index contributed by atoms with van der Waals surface area (Å²) in [6.07, 6.45) is 2.93.